The molecule has 0 aliphatic carbocycles. The van der Waals surface area contributed by atoms with E-state index in [1.54, 1.807) is 12.1 Å². The SMILES string of the molecule is CCC(F)(CC)CN1CCC(CCCc2ccc(-c3ccc(C(=O)O)cc3)cn2)CC1. The molecule has 0 amide bonds. The third-order valence-corrected chi connectivity index (χ3v) is 6.82. The van der Waals surface area contributed by atoms with Crippen LogP contribution < -0.4 is 0 Å². The van der Waals surface area contributed by atoms with Crippen LogP contribution in [0, 0.1) is 5.92 Å². The smallest absolute Gasteiger partial charge is 0.335 e. The lowest BCUT2D eigenvalue weighted by Gasteiger charge is -2.36. The van der Waals surface area contributed by atoms with Crippen LogP contribution in [0.15, 0.2) is 42.6 Å². The second kappa shape index (κ2) is 10.9. The molecule has 0 saturated carbocycles. The minimum absolute atomic E-state index is 0.291. The van der Waals surface area contributed by atoms with Gasteiger partial charge in [0.1, 0.15) is 5.67 Å². The molecule has 4 nitrogen and oxygen atoms in total. The van der Waals surface area contributed by atoms with Gasteiger partial charge < -0.3 is 10.0 Å². The summed E-state index contributed by atoms with van der Waals surface area (Å²) in [5.41, 5.74) is 2.33. The van der Waals surface area contributed by atoms with Crippen molar-refractivity contribution < 1.29 is 14.3 Å². The zero-order valence-corrected chi connectivity index (χ0v) is 18.8. The van der Waals surface area contributed by atoms with Gasteiger partial charge in [0.25, 0.3) is 0 Å². The Morgan fingerprint density at radius 3 is 2.29 bits per heavy atom. The molecule has 168 valence electrons. The summed E-state index contributed by atoms with van der Waals surface area (Å²) in [5.74, 6) is -0.177. The Morgan fingerprint density at radius 2 is 1.74 bits per heavy atom. The topological polar surface area (TPSA) is 53.4 Å². The number of halogens is 1. The molecule has 1 aliphatic rings. The highest BCUT2D eigenvalue weighted by atomic mass is 19.1. The number of pyridine rings is 1. The van der Waals surface area contributed by atoms with Gasteiger partial charge in [-0.3, -0.25) is 4.98 Å². The molecule has 2 heterocycles. The summed E-state index contributed by atoms with van der Waals surface area (Å²) < 4.78 is 14.6. The standard InChI is InChI=1S/C26H35FN2O2/c1-3-26(27,4-2)19-29-16-14-20(15-17-29)6-5-7-24-13-12-23(18-28-24)21-8-10-22(11-9-21)25(30)31/h8-13,18,20H,3-7,14-17,19H2,1-2H3,(H,30,31). The number of likely N-dealkylation sites (tertiary alicyclic amines) is 1. The van der Waals surface area contributed by atoms with Gasteiger partial charge >= 0.3 is 5.97 Å². The van der Waals surface area contributed by atoms with Crippen LogP contribution in [0.2, 0.25) is 0 Å². The van der Waals surface area contributed by atoms with Gasteiger partial charge in [-0.1, -0.05) is 32.0 Å². The van der Waals surface area contributed by atoms with Gasteiger partial charge in [-0.25, -0.2) is 9.18 Å². The van der Waals surface area contributed by atoms with Crippen molar-refractivity contribution in [3.63, 3.8) is 0 Å². The molecule has 1 N–H and O–H groups in total. The predicted molar refractivity (Wildman–Crippen MR) is 123 cm³/mol. The number of alkyl halides is 1. The molecule has 0 bridgehead atoms. The Kier molecular flexibility index (Phi) is 8.19. The number of carboxylic acids is 1. The fourth-order valence-corrected chi connectivity index (χ4v) is 4.43. The number of carbonyl (C=O) groups is 1. The van der Waals surface area contributed by atoms with Gasteiger partial charge in [-0.05, 0) is 87.7 Å². The molecule has 31 heavy (non-hydrogen) atoms. The van der Waals surface area contributed by atoms with E-state index in [0.29, 0.717) is 24.9 Å². The van der Waals surface area contributed by atoms with E-state index >= 15 is 0 Å². The molecule has 0 spiro atoms. The first-order valence-corrected chi connectivity index (χ1v) is 11.6. The number of aromatic carboxylic acids is 1. The van der Waals surface area contributed by atoms with E-state index < -0.39 is 11.6 Å². The highest BCUT2D eigenvalue weighted by Gasteiger charge is 2.30. The number of nitrogens with zero attached hydrogens (tertiary/aromatic N) is 2. The number of hydrogen-bond acceptors (Lipinski definition) is 3. The normalized spacial score (nSPS) is 15.8. The van der Waals surface area contributed by atoms with Gasteiger partial charge in [0.05, 0.1) is 5.56 Å². The van der Waals surface area contributed by atoms with Crippen molar-refractivity contribution in [2.24, 2.45) is 5.92 Å². The number of hydrogen-bond donors (Lipinski definition) is 1. The van der Waals surface area contributed by atoms with Crippen LogP contribution in [-0.2, 0) is 6.42 Å². The molecule has 1 aliphatic heterocycles. The van der Waals surface area contributed by atoms with Crippen molar-refractivity contribution in [1.29, 1.82) is 0 Å². The van der Waals surface area contributed by atoms with Crippen LogP contribution in [0.3, 0.4) is 0 Å². The van der Waals surface area contributed by atoms with Gasteiger partial charge in [0.2, 0.25) is 0 Å². The zero-order valence-electron chi connectivity index (χ0n) is 18.8. The lowest BCUT2D eigenvalue weighted by Crippen LogP contribution is -2.43. The van der Waals surface area contributed by atoms with Crippen molar-refractivity contribution in [3.05, 3.63) is 53.9 Å². The van der Waals surface area contributed by atoms with E-state index in [2.05, 4.69) is 22.0 Å². The van der Waals surface area contributed by atoms with Crippen molar-refractivity contribution in [1.82, 2.24) is 9.88 Å². The highest BCUT2D eigenvalue weighted by Crippen LogP contribution is 2.27. The minimum Gasteiger partial charge on any atom is -0.478 e. The van der Waals surface area contributed by atoms with E-state index in [9.17, 15) is 9.18 Å². The fourth-order valence-electron chi connectivity index (χ4n) is 4.43. The van der Waals surface area contributed by atoms with Crippen LogP contribution in [0.5, 0.6) is 0 Å². The summed E-state index contributed by atoms with van der Waals surface area (Å²) in [5, 5.41) is 9.01. The van der Waals surface area contributed by atoms with Crippen molar-refractivity contribution >= 4 is 5.97 Å². The first-order valence-electron chi connectivity index (χ1n) is 11.6. The number of carboxylic acid groups (broad SMARTS) is 1. The molecular formula is C26H35FN2O2. The maximum Gasteiger partial charge on any atom is 0.335 e. The Hall–Kier alpha value is -2.27. The Bertz CT molecular complexity index is 823. The fraction of sp³-hybridized carbons (Fsp3) is 0.538. The molecule has 5 heteroatoms. The summed E-state index contributed by atoms with van der Waals surface area (Å²) in [7, 11) is 0. The third-order valence-electron chi connectivity index (χ3n) is 6.82. The van der Waals surface area contributed by atoms with Crippen LogP contribution in [0.4, 0.5) is 4.39 Å². The molecule has 0 radical (unpaired) electrons. The van der Waals surface area contributed by atoms with Gasteiger partial charge in [0.15, 0.2) is 0 Å². The highest BCUT2D eigenvalue weighted by molar-refractivity contribution is 5.88. The second-order valence-electron chi connectivity index (χ2n) is 8.89. The van der Waals surface area contributed by atoms with Gasteiger partial charge in [0, 0.05) is 24.0 Å². The molecular weight excluding hydrogens is 391 g/mol. The van der Waals surface area contributed by atoms with Gasteiger partial charge in [-0.2, -0.15) is 0 Å². The number of aryl methyl sites for hydroxylation is 1. The molecule has 1 saturated heterocycles. The molecule has 0 unspecified atom stereocenters. The van der Waals surface area contributed by atoms with Crippen molar-refractivity contribution in [2.45, 2.75) is 64.5 Å². The van der Waals surface area contributed by atoms with Crippen molar-refractivity contribution in [3.8, 4) is 11.1 Å². The summed E-state index contributed by atoms with van der Waals surface area (Å²) in [4.78, 5) is 17.9. The molecule has 1 aromatic carbocycles. The van der Waals surface area contributed by atoms with Crippen LogP contribution in [0.25, 0.3) is 11.1 Å². The first kappa shape index (κ1) is 23.4. The van der Waals surface area contributed by atoms with Crippen LogP contribution >= 0.6 is 0 Å². The molecule has 1 fully saturated rings. The van der Waals surface area contributed by atoms with Gasteiger partial charge in [-0.15, -0.1) is 0 Å². The number of aromatic nitrogens is 1. The molecule has 1 aromatic heterocycles. The lowest BCUT2D eigenvalue weighted by atomic mass is 9.90. The Balaban J connectivity index is 1.41. The molecule has 2 aromatic rings. The summed E-state index contributed by atoms with van der Waals surface area (Å²) in [6.45, 7) is 6.52. The number of benzene rings is 1. The zero-order chi connectivity index (χ0) is 22.3. The number of rotatable bonds is 10. The van der Waals surface area contributed by atoms with E-state index in [4.69, 9.17) is 5.11 Å². The summed E-state index contributed by atoms with van der Waals surface area (Å²) in [6.07, 6.45) is 8.71. The van der Waals surface area contributed by atoms with Crippen molar-refractivity contribution in [2.75, 3.05) is 19.6 Å². The van der Waals surface area contributed by atoms with E-state index in [1.807, 2.05) is 32.2 Å². The molecule has 3 rings (SSSR count). The van der Waals surface area contributed by atoms with E-state index in [-0.39, 0.29) is 0 Å². The second-order valence-corrected chi connectivity index (χ2v) is 8.89. The lowest BCUT2D eigenvalue weighted by molar-refractivity contribution is 0.0625. The average Bonchev–Trinajstić information content (AvgIpc) is 2.80. The minimum atomic E-state index is -1.02. The third kappa shape index (κ3) is 6.60. The summed E-state index contributed by atoms with van der Waals surface area (Å²) >= 11 is 0. The average molecular weight is 427 g/mol. The maximum absolute atomic E-state index is 14.6. The first-order chi connectivity index (χ1) is 14.9. The predicted octanol–water partition coefficient (Wildman–Crippen LogP) is 6.01. The van der Waals surface area contributed by atoms with E-state index in [0.717, 1.165) is 48.7 Å². The quantitative estimate of drug-likeness (QED) is 0.505. The van der Waals surface area contributed by atoms with Crippen LogP contribution in [-0.4, -0.2) is 46.3 Å². The number of piperidine rings is 1. The Morgan fingerprint density at radius 1 is 1.10 bits per heavy atom. The monoisotopic (exact) mass is 426 g/mol. The van der Waals surface area contributed by atoms with Crippen LogP contribution in [0.1, 0.15) is 68.4 Å². The maximum atomic E-state index is 14.6. The molecule has 0 atom stereocenters. The Labute approximate surface area is 185 Å². The van der Waals surface area contributed by atoms with E-state index in [1.165, 1.54) is 19.3 Å². The largest absolute Gasteiger partial charge is 0.478 e. The summed E-state index contributed by atoms with van der Waals surface area (Å²) in [6, 6.07) is 11.0.